The van der Waals surface area contributed by atoms with Gasteiger partial charge in [-0.2, -0.15) is 0 Å². The predicted octanol–water partition coefficient (Wildman–Crippen LogP) is 3.59. The summed E-state index contributed by atoms with van der Waals surface area (Å²) in [7, 11) is 0. The highest BCUT2D eigenvalue weighted by Crippen LogP contribution is 2.66. The fourth-order valence-corrected chi connectivity index (χ4v) is 6.00. The zero-order valence-corrected chi connectivity index (χ0v) is 13.3. The number of carbonyl (C=O) groups excluding carboxylic acids is 2. The van der Waals surface area contributed by atoms with Gasteiger partial charge < -0.3 is 4.74 Å². The van der Waals surface area contributed by atoms with E-state index in [9.17, 15) is 9.59 Å². The van der Waals surface area contributed by atoms with Crippen molar-refractivity contribution < 1.29 is 14.3 Å². The summed E-state index contributed by atoms with van der Waals surface area (Å²) < 4.78 is 5.84. The molecule has 3 saturated carbocycles. The van der Waals surface area contributed by atoms with E-state index in [1.54, 1.807) is 6.08 Å². The summed E-state index contributed by atoms with van der Waals surface area (Å²) in [6, 6.07) is 0. The molecule has 0 N–H and O–H groups in total. The van der Waals surface area contributed by atoms with E-state index < -0.39 is 11.0 Å². The van der Waals surface area contributed by atoms with E-state index in [0.717, 1.165) is 32.1 Å². The highest BCUT2D eigenvalue weighted by Gasteiger charge is 2.71. The van der Waals surface area contributed by atoms with Crippen LogP contribution < -0.4 is 0 Å². The molecule has 1 aliphatic heterocycles. The molecule has 1 spiro atoms. The van der Waals surface area contributed by atoms with Crippen molar-refractivity contribution in [2.24, 2.45) is 22.7 Å². The second kappa shape index (κ2) is 4.12. The molecule has 1 heterocycles. The molecule has 5 atom stereocenters. The molecule has 1 saturated heterocycles. The van der Waals surface area contributed by atoms with Gasteiger partial charge in [0.25, 0.3) is 0 Å². The van der Waals surface area contributed by atoms with Gasteiger partial charge in [-0.1, -0.05) is 25.2 Å². The zero-order valence-electron chi connectivity index (χ0n) is 13.3. The Kier molecular flexibility index (Phi) is 2.67. The SMILES string of the molecule is C=CC12CCC3C(C1)(OC2=O)C(=O)CC1C(=C)CCCC13C. The van der Waals surface area contributed by atoms with Crippen molar-refractivity contribution >= 4 is 11.8 Å². The minimum atomic E-state index is -0.883. The molecule has 0 aromatic heterocycles. The van der Waals surface area contributed by atoms with Gasteiger partial charge in [0.1, 0.15) is 0 Å². The maximum Gasteiger partial charge on any atom is 0.317 e. The molecule has 22 heavy (non-hydrogen) atoms. The molecule has 0 aromatic carbocycles. The molecule has 0 amide bonds. The van der Waals surface area contributed by atoms with Crippen molar-refractivity contribution in [3.63, 3.8) is 0 Å². The fraction of sp³-hybridized carbons (Fsp3) is 0.684. The van der Waals surface area contributed by atoms with Crippen LogP contribution in [-0.4, -0.2) is 17.4 Å². The van der Waals surface area contributed by atoms with Crippen LogP contribution >= 0.6 is 0 Å². The van der Waals surface area contributed by atoms with E-state index in [4.69, 9.17) is 4.74 Å². The lowest BCUT2D eigenvalue weighted by molar-refractivity contribution is -0.181. The van der Waals surface area contributed by atoms with Gasteiger partial charge in [0, 0.05) is 18.8 Å². The molecule has 4 fully saturated rings. The molecular weight excluding hydrogens is 276 g/mol. The number of Topliss-reactive ketones (excluding diaryl/α,β-unsaturated/α-hetero) is 1. The lowest BCUT2D eigenvalue weighted by Crippen LogP contribution is -2.61. The number of ketones is 1. The van der Waals surface area contributed by atoms with Crippen LogP contribution in [0, 0.1) is 22.7 Å². The van der Waals surface area contributed by atoms with E-state index in [2.05, 4.69) is 20.1 Å². The van der Waals surface area contributed by atoms with Gasteiger partial charge in [-0.05, 0) is 43.4 Å². The van der Waals surface area contributed by atoms with Crippen LogP contribution in [0.5, 0.6) is 0 Å². The molecule has 0 aromatic rings. The van der Waals surface area contributed by atoms with Crippen molar-refractivity contribution in [3.8, 4) is 0 Å². The summed E-state index contributed by atoms with van der Waals surface area (Å²) in [5.74, 6) is 0.303. The summed E-state index contributed by atoms with van der Waals surface area (Å²) in [5, 5.41) is 0. The summed E-state index contributed by atoms with van der Waals surface area (Å²) >= 11 is 0. The van der Waals surface area contributed by atoms with Crippen LogP contribution in [0.1, 0.15) is 51.9 Å². The average Bonchev–Trinajstić information content (AvgIpc) is 2.70. The maximum absolute atomic E-state index is 13.0. The Morgan fingerprint density at radius 1 is 1.32 bits per heavy atom. The number of ether oxygens (including phenoxy) is 1. The number of hydrogen-bond donors (Lipinski definition) is 0. The summed E-state index contributed by atoms with van der Waals surface area (Å²) in [6.45, 7) is 10.4. The van der Waals surface area contributed by atoms with Crippen LogP contribution in [-0.2, 0) is 14.3 Å². The lowest BCUT2D eigenvalue weighted by atomic mass is 9.45. The van der Waals surface area contributed by atoms with Crippen molar-refractivity contribution in [1.29, 1.82) is 0 Å². The lowest BCUT2D eigenvalue weighted by Gasteiger charge is -2.58. The molecule has 2 bridgehead atoms. The molecule has 118 valence electrons. The molecule has 3 heteroatoms. The number of rotatable bonds is 1. The van der Waals surface area contributed by atoms with Crippen molar-refractivity contribution in [3.05, 3.63) is 24.8 Å². The molecule has 0 radical (unpaired) electrons. The first kappa shape index (κ1) is 14.2. The Labute approximate surface area is 131 Å². The fourth-order valence-electron chi connectivity index (χ4n) is 6.00. The van der Waals surface area contributed by atoms with Crippen LogP contribution in [0.4, 0.5) is 0 Å². The van der Waals surface area contributed by atoms with Gasteiger partial charge in [-0.15, -0.1) is 6.58 Å². The van der Waals surface area contributed by atoms with Crippen molar-refractivity contribution in [2.75, 3.05) is 0 Å². The van der Waals surface area contributed by atoms with Gasteiger partial charge in [0.2, 0.25) is 0 Å². The Balaban J connectivity index is 1.82. The molecule has 5 unspecified atom stereocenters. The summed E-state index contributed by atoms with van der Waals surface area (Å²) in [5.41, 5.74) is -0.240. The minimum absolute atomic E-state index is 0.0429. The summed E-state index contributed by atoms with van der Waals surface area (Å²) in [6.07, 6.45) is 7.65. The number of esters is 1. The van der Waals surface area contributed by atoms with Gasteiger partial charge in [-0.25, -0.2) is 0 Å². The number of carbonyl (C=O) groups is 2. The van der Waals surface area contributed by atoms with E-state index in [0.29, 0.717) is 12.8 Å². The Morgan fingerprint density at radius 3 is 2.82 bits per heavy atom. The Bertz CT molecular complexity index is 606. The van der Waals surface area contributed by atoms with Crippen LogP contribution in [0.2, 0.25) is 0 Å². The first-order chi connectivity index (χ1) is 10.4. The van der Waals surface area contributed by atoms with E-state index in [-0.39, 0.29) is 29.0 Å². The standard InChI is InChI=1S/C19H24O3/c1-4-18-9-7-14-17(3)8-5-6-12(2)13(17)10-15(20)19(14,11-18)22-16(18)21/h4,13-14H,1-2,5-11H2,3H3. The predicted molar refractivity (Wildman–Crippen MR) is 83.0 cm³/mol. The quantitative estimate of drug-likeness (QED) is 0.549. The van der Waals surface area contributed by atoms with Crippen LogP contribution in [0.15, 0.2) is 24.8 Å². The van der Waals surface area contributed by atoms with Crippen molar-refractivity contribution in [2.45, 2.75) is 57.5 Å². The monoisotopic (exact) mass is 300 g/mol. The van der Waals surface area contributed by atoms with Gasteiger partial charge in [-0.3, -0.25) is 9.59 Å². The third kappa shape index (κ3) is 1.43. The van der Waals surface area contributed by atoms with Crippen LogP contribution in [0.25, 0.3) is 0 Å². The van der Waals surface area contributed by atoms with E-state index >= 15 is 0 Å². The number of allylic oxidation sites excluding steroid dienone is 1. The van der Waals surface area contributed by atoms with E-state index in [1.165, 1.54) is 5.57 Å². The smallest absolute Gasteiger partial charge is 0.317 e. The third-order valence-corrected chi connectivity index (χ3v) is 7.25. The number of hydrogen-bond acceptors (Lipinski definition) is 3. The van der Waals surface area contributed by atoms with Gasteiger partial charge >= 0.3 is 5.97 Å². The second-order valence-corrected chi connectivity index (χ2v) is 8.10. The zero-order chi connectivity index (χ0) is 15.8. The largest absolute Gasteiger partial charge is 0.450 e. The average molecular weight is 300 g/mol. The molecule has 4 rings (SSSR count). The second-order valence-electron chi connectivity index (χ2n) is 8.10. The first-order valence-electron chi connectivity index (χ1n) is 8.46. The summed E-state index contributed by atoms with van der Waals surface area (Å²) in [4.78, 5) is 25.5. The topological polar surface area (TPSA) is 43.4 Å². The normalized spacial score (nSPS) is 50.1. The first-order valence-corrected chi connectivity index (χ1v) is 8.46. The highest BCUT2D eigenvalue weighted by atomic mass is 16.6. The minimum Gasteiger partial charge on any atom is -0.450 e. The van der Waals surface area contributed by atoms with Crippen molar-refractivity contribution in [1.82, 2.24) is 0 Å². The highest BCUT2D eigenvalue weighted by molar-refractivity contribution is 5.97. The molecular formula is C19H24O3. The Hall–Kier alpha value is -1.38. The maximum atomic E-state index is 13.0. The molecule has 3 nitrogen and oxygen atoms in total. The van der Waals surface area contributed by atoms with Gasteiger partial charge in [0.15, 0.2) is 11.4 Å². The van der Waals surface area contributed by atoms with Crippen LogP contribution in [0.3, 0.4) is 0 Å². The number of fused-ring (bicyclic) bond motifs is 3. The molecule has 3 aliphatic carbocycles. The van der Waals surface area contributed by atoms with Gasteiger partial charge in [0.05, 0.1) is 5.41 Å². The molecule has 4 aliphatic rings. The Morgan fingerprint density at radius 2 is 2.09 bits per heavy atom. The van der Waals surface area contributed by atoms with E-state index in [1.807, 2.05) is 0 Å². The third-order valence-electron chi connectivity index (χ3n) is 7.25.